The van der Waals surface area contributed by atoms with Crippen LogP contribution in [0.1, 0.15) is 30.3 Å². The van der Waals surface area contributed by atoms with Gasteiger partial charge in [0.05, 0.1) is 17.8 Å². The first-order chi connectivity index (χ1) is 19.3. The second kappa shape index (κ2) is 12.5. The van der Waals surface area contributed by atoms with Crippen LogP contribution in [-0.2, 0) is 16.1 Å². The fourth-order valence-corrected chi connectivity index (χ4v) is 5.72. The summed E-state index contributed by atoms with van der Waals surface area (Å²) < 4.78 is 51.4. The highest BCUT2D eigenvalue weighted by atomic mass is 19.1. The number of halogens is 3. The van der Waals surface area contributed by atoms with E-state index in [0.29, 0.717) is 45.0 Å². The number of carbonyl (C=O) groups excluding carboxylic acids is 1. The van der Waals surface area contributed by atoms with Crippen molar-refractivity contribution in [2.45, 2.75) is 37.6 Å². The zero-order chi connectivity index (χ0) is 28.2. The van der Waals surface area contributed by atoms with Crippen molar-refractivity contribution in [2.75, 3.05) is 32.8 Å². The summed E-state index contributed by atoms with van der Waals surface area (Å²) in [5, 5.41) is 3.06. The van der Waals surface area contributed by atoms with Crippen LogP contribution in [0.2, 0.25) is 0 Å². The summed E-state index contributed by atoms with van der Waals surface area (Å²) in [7, 11) is 0. The van der Waals surface area contributed by atoms with Crippen LogP contribution in [0.5, 0.6) is 0 Å². The molecule has 7 nitrogen and oxygen atoms in total. The molecule has 40 heavy (non-hydrogen) atoms. The van der Waals surface area contributed by atoms with Crippen molar-refractivity contribution in [3.8, 4) is 11.3 Å². The normalized spacial score (nSPS) is 21.3. The Labute approximate surface area is 232 Å². The van der Waals surface area contributed by atoms with Crippen LogP contribution in [0.15, 0.2) is 54.7 Å². The van der Waals surface area contributed by atoms with Crippen molar-refractivity contribution in [2.24, 2.45) is 17.6 Å². The topological polar surface area (TPSA) is 85.4 Å². The molecule has 3 heterocycles. The zero-order valence-electron chi connectivity index (χ0n) is 22.3. The van der Waals surface area contributed by atoms with E-state index in [-0.39, 0.29) is 30.3 Å². The number of nitrogens with zero attached hydrogens (tertiary/aromatic N) is 3. The van der Waals surface area contributed by atoms with Gasteiger partial charge in [-0.2, -0.15) is 0 Å². The first-order valence-corrected chi connectivity index (χ1v) is 13.7. The maximum absolute atomic E-state index is 14.9. The lowest BCUT2D eigenvalue weighted by Gasteiger charge is -2.40. The number of ether oxygens (including phenoxy) is 1. The van der Waals surface area contributed by atoms with Crippen LogP contribution in [0.3, 0.4) is 0 Å². The third-order valence-electron chi connectivity index (χ3n) is 7.81. The number of amides is 1. The Morgan fingerprint density at radius 2 is 1.93 bits per heavy atom. The van der Waals surface area contributed by atoms with E-state index in [0.717, 1.165) is 23.8 Å². The fourth-order valence-electron chi connectivity index (χ4n) is 5.72. The van der Waals surface area contributed by atoms with Crippen molar-refractivity contribution >= 4 is 5.91 Å². The number of hydrogen-bond donors (Lipinski definition) is 2. The molecule has 2 aromatic carbocycles. The quantitative estimate of drug-likeness (QED) is 0.419. The third-order valence-corrected chi connectivity index (χ3v) is 7.81. The largest absolute Gasteiger partial charge is 0.381 e. The number of aromatic nitrogens is 2. The van der Waals surface area contributed by atoms with Gasteiger partial charge in [-0.15, -0.1) is 0 Å². The van der Waals surface area contributed by atoms with Crippen LogP contribution < -0.4 is 11.1 Å². The lowest BCUT2D eigenvalue weighted by molar-refractivity contribution is -0.137. The van der Waals surface area contributed by atoms with Crippen LogP contribution in [0, 0.1) is 30.4 Å². The predicted octanol–water partition coefficient (Wildman–Crippen LogP) is 3.89. The van der Waals surface area contributed by atoms with Gasteiger partial charge in [-0.3, -0.25) is 4.79 Å². The molecule has 0 aliphatic carbocycles. The molecule has 2 aliphatic heterocycles. The van der Waals surface area contributed by atoms with E-state index < -0.39 is 41.7 Å². The molecule has 213 valence electrons. The summed E-state index contributed by atoms with van der Waals surface area (Å²) in [6.07, 6.45) is 1.86. The molecule has 0 saturated carbocycles. The van der Waals surface area contributed by atoms with Crippen molar-refractivity contribution in [1.82, 2.24) is 19.8 Å². The molecule has 1 radical (unpaired) electrons. The fraction of sp³-hybridized carbons (Fsp3) is 0.433. The molecule has 1 amide bonds. The van der Waals surface area contributed by atoms with Gasteiger partial charge in [0.15, 0.2) is 0 Å². The number of carbonyl (C=O) groups is 1. The van der Waals surface area contributed by atoms with Gasteiger partial charge in [0.1, 0.15) is 23.6 Å². The molecule has 3 aromatic rings. The zero-order valence-corrected chi connectivity index (χ0v) is 22.3. The Morgan fingerprint density at radius 3 is 2.60 bits per heavy atom. The number of imidazole rings is 1. The summed E-state index contributed by atoms with van der Waals surface area (Å²) in [4.78, 5) is 20.1. The Kier molecular flexibility index (Phi) is 8.87. The molecule has 0 spiro atoms. The highest BCUT2D eigenvalue weighted by molar-refractivity contribution is 5.82. The van der Waals surface area contributed by atoms with E-state index in [1.807, 2.05) is 34.9 Å². The Morgan fingerprint density at radius 1 is 1.18 bits per heavy atom. The molecule has 10 heteroatoms. The van der Waals surface area contributed by atoms with E-state index in [4.69, 9.17) is 15.5 Å². The summed E-state index contributed by atoms with van der Waals surface area (Å²) in [6, 6.07) is 11.2. The smallest absolute Gasteiger partial charge is 0.240 e. The second-order valence-corrected chi connectivity index (χ2v) is 10.6. The summed E-state index contributed by atoms with van der Waals surface area (Å²) in [5.74, 6) is -1.61. The SMILES string of the molecule is [CH2]C(N)C(=O)N(C[C@@H]1CNC[C@@H]1F)C(c1nc(-c2cc(F)ccc2F)cn1Cc1ccccc1)C1CCOCC1. The van der Waals surface area contributed by atoms with Crippen LogP contribution >= 0.6 is 0 Å². The minimum Gasteiger partial charge on any atom is -0.381 e. The molecule has 4 atom stereocenters. The molecule has 1 aromatic heterocycles. The van der Waals surface area contributed by atoms with Gasteiger partial charge in [0.2, 0.25) is 5.91 Å². The number of nitrogens with one attached hydrogen (secondary N) is 1. The van der Waals surface area contributed by atoms with E-state index in [1.54, 1.807) is 11.1 Å². The molecule has 2 unspecified atom stereocenters. The Balaban J connectivity index is 1.65. The Hall–Kier alpha value is -3.21. The average molecular weight is 555 g/mol. The lowest BCUT2D eigenvalue weighted by atomic mass is 9.88. The van der Waals surface area contributed by atoms with E-state index in [1.165, 1.54) is 0 Å². The standard InChI is InChI=1S/C30H35F3N5O2/c1-19(34)30(39)38(17-22-14-35-15-26(22)33)28(21-9-11-40-12-10-21)29-36-27(24-13-23(31)7-8-25(24)32)18-37(29)16-20-5-3-2-4-6-20/h2-8,13,18-19,21-22,26,28,35H,1,9-12,14-17,34H2/t19?,22-,26-,28?/m0/s1. The molecule has 0 bridgehead atoms. The van der Waals surface area contributed by atoms with E-state index in [9.17, 15) is 18.0 Å². The lowest BCUT2D eigenvalue weighted by Crippen LogP contribution is -2.50. The summed E-state index contributed by atoms with van der Waals surface area (Å²) >= 11 is 0. The van der Waals surface area contributed by atoms with Crippen molar-refractivity contribution in [3.05, 3.63) is 84.7 Å². The van der Waals surface area contributed by atoms with Gasteiger partial charge in [-0.05, 0) is 49.4 Å². The van der Waals surface area contributed by atoms with E-state index >= 15 is 0 Å². The van der Waals surface area contributed by atoms with Crippen molar-refractivity contribution in [3.63, 3.8) is 0 Å². The van der Waals surface area contributed by atoms with Crippen LogP contribution in [-0.4, -0.2) is 65.4 Å². The monoisotopic (exact) mass is 554 g/mol. The molecule has 3 N–H and O–H groups in total. The molecule has 5 rings (SSSR count). The molecular formula is C30H35F3N5O2. The van der Waals surface area contributed by atoms with Crippen molar-refractivity contribution in [1.29, 1.82) is 0 Å². The summed E-state index contributed by atoms with van der Waals surface area (Å²) in [5.41, 5.74) is 7.27. The van der Waals surface area contributed by atoms with Gasteiger partial charge in [0.25, 0.3) is 0 Å². The van der Waals surface area contributed by atoms with Gasteiger partial charge in [-0.1, -0.05) is 30.3 Å². The van der Waals surface area contributed by atoms with E-state index in [2.05, 4.69) is 12.2 Å². The van der Waals surface area contributed by atoms with Crippen LogP contribution in [0.25, 0.3) is 11.3 Å². The summed E-state index contributed by atoms with van der Waals surface area (Å²) in [6.45, 7) is 5.93. The highest BCUT2D eigenvalue weighted by Gasteiger charge is 2.40. The number of alkyl halides is 1. The van der Waals surface area contributed by atoms with Gasteiger partial charge >= 0.3 is 0 Å². The van der Waals surface area contributed by atoms with Crippen LogP contribution in [0.4, 0.5) is 13.2 Å². The number of benzene rings is 2. The van der Waals surface area contributed by atoms with Gasteiger partial charge < -0.3 is 25.3 Å². The maximum Gasteiger partial charge on any atom is 0.240 e. The first kappa shape index (κ1) is 28.3. The third kappa shape index (κ3) is 6.24. The first-order valence-electron chi connectivity index (χ1n) is 13.7. The van der Waals surface area contributed by atoms with Crippen molar-refractivity contribution < 1.29 is 22.7 Å². The molecular weight excluding hydrogens is 519 g/mol. The maximum atomic E-state index is 14.9. The molecule has 2 fully saturated rings. The minimum absolute atomic E-state index is 0.0225. The Bertz CT molecular complexity index is 1300. The highest BCUT2D eigenvalue weighted by Crippen LogP contribution is 2.38. The number of rotatable bonds is 9. The second-order valence-electron chi connectivity index (χ2n) is 10.6. The van der Waals surface area contributed by atoms with Gasteiger partial charge in [0, 0.05) is 57.1 Å². The van der Waals surface area contributed by atoms with Gasteiger partial charge in [-0.25, -0.2) is 18.2 Å². The molecule has 2 aliphatic rings. The number of nitrogens with two attached hydrogens (primary N) is 1. The minimum atomic E-state index is -1.12. The molecule has 2 saturated heterocycles. The average Bonchev–Trinajstić information content (AvgIpc) is 3.56. The number of hydrogen-bond acceptors (Lipinski definition) is 5. The predicted molar refractivity (Wildman–Crippen MR) is 146 cm³/mol.